The Bertz CT molecular complexity index is 758. The van der Waals surface area contributed by atoms with Crippen molar-refractivity contribution in [3.05, 3.63) is 33.9 Å². The first-order valence-corrected chi connectivity index (χ1v) is 8.18. The summed E-state index contributed by atoms with van der Waals surface area (Å²) in [6, 6.07) is 1.67. The van der Waals surface area contributed by atoms with E-state index in [0.717, 1.165) is 17.1 Å². The molecular weight excluding hydrogens is 314 g/mol. The molecule has 0 atom stereocenters. The van der Waals surface area contributed by atoms with Gasteiger partial charge in [0.05, 0.1) is 30.0 Å². The molecule has 0 saturated carbocycles. The largest absolute Gasteiger partial charge is 0.359 e. The monoisotopic (exact) mass is 331 g/mol. The SMILES string of the molecule is CCc1csc(CNC(=O)c2cnc3c(c2)N(C)C(=O)CN3)n1. The van der Waals surface area contributed by atoms with Crippen LogP contribution in [0.1, 0.15) is 28.0 Å². The van der Waals surface area contributed by atoms with Crippen molar-refractivity contribution in [1.29, 1.82) is 0 Å². The summed E-state index contributed by atoms with van der Waals surface area (Å²) >= 11 is 1.53. The number of hydrogen-bond donors (Lipinski definition) is 2. The van der Waals surface area contributed by atoms with Crippen LogP contribution in [0.25, 0.3) is 0 Å². The molecule has 0 radical (unpaired) electrons. The minimum Gasteiger partial charge on any atom is -0.359 e. The average molecular weight is 331 g/mol. The molecule has 0 bridgehead atoms. The van der Waals surface area contributed by atoms with Crippen molar-refractivity contribution in [3.63, 3.8) is 0 Å². The van der Waals surface area contributed by atoms with Crippen LogP contribution in [0.5, 0.6) is 0 Å². The fraction of sp³-hybridized carbons (Fsp3) is 0.333. The minimum atomic E-state index is -0.236. The summed E-state index contributed by atoms with van der Waals surface area (Å²) < 4.78 is 0. The summed E-state index contributed by atoms with van der Waals surface area (Å²) in [5.74, 6) is 0.308. The zero-order valence-electron chi connectivity index (χ0n) is 12.9. The molecule has 2 N–H and O–H groups in total. The molecular formula is C15H17N5O2S. The molecule has 0 unspecified atom stereocenters. The van der Waals surface area contributed by atoms with Crippen LogP contribution in [0.2, 0.25) is 0 Å². The molecule has 7 nitrogen and oxygen atoms in total. The Morgan fingerprint density at radius 3 is 3.09 bits per heavy atom. The van der Waals surface area contributed by atoms with Gasteiger partial charge < -0.3 is 15.5 Å². The van der Waals surface area contributed by atoms with Crippen molar-refractivity contribution in [2.75, 3.05) is 23.8 Å². The third kappa shape index (κ3) is 3.16. The number of nitrogens with zero attached hydrogens (tertiary/aromatic N) is 3. The first kappa shape index (κ1) is 15.4. The molecule has 3 rings (SSSR count). The Morgan fingerprint density at radius 1 is 1.52 bits per heavy atom. The number of thiazole rings is 1. The van der Waals surface area contributed by atoms with Crippen molar-refractivity contribution >= 4 is 34.7 Å². The molecule has 1 aliphatic rings. The zero-order valence-corrected chi connectivity index (χ0v) is 13.7. The summed E-state index contributed by atoms with van der Waals surface area (Å²) in [5.41, 5.74) is 2.05. The standard InChI is InChI=1S/C15H17N5O2S/c1-3-10-8-23-12(19-10)6-18-15(22)9-4-11-14(16-5-9)17-7-13(21)20(11)2/h4-5,8H,3,6-7H2,1-2H3,(H,16,17)(H,18,22). The highest BCUT2D eigenvalue weighted by molar-refractivity contribution is 7.09. The molecule has 2 amide bonds. The Balaban J connectivity index is 1.71. The quantitative estimate of drug-likeness (QED) is 0.885. The topological polar surface area (TPSA) is 87.2 Å². The number of aromatic nitrogens is 2. The van der Waals surface area contributed by atoms with Crippen LogP contribution in [-0.4, -0.2) is 35.4 Å². The van der Waals surface area contributed by atoms with Crippen LogP contribution >= 0.6 is 11.3 Å². The number of pyridine rings is 1. The number of amides is 2. The summed E-state index contributed by atoms with van der Waals surface area (Å²) in [5, 5.41) is 8.63. The minimum absolute atomic E-state index is 0.0632. The lowest BCUT2D eigenvalue weighted by Gasteiger charge is -2.26. The van der Waals surface area contributed by atoms with Gasteiger partial charge in [0.15, 0.2) is 0 Å². The summed E-state index contributed by atoms with van der Waals surface area (Å²) in [4.78, 5) is 34.1. The highest BCUT2D eigenvalue weighted by Gasteiger charge is 2.22. The van der Waals surface area contributed by atoms with E-state index in [1.807, 2.05) is 12.3 Å². The van der Waals surface area contributed by atoms with E-state index in [1.165, 1.54) is 22.4 Å². The number of fused-ring (bicyclic) bond motifs is 1. The fourth-order valence-corrected chi connectivity index (χ4v) is 3.05. The highest BCUT2D eigenvalue weighted by Crippen LogP contribution is 2.27. The first-order chi connectivity index (χ1) is 11.1. The van der Waals surface area contributed by atoms with Gasteiger partial charge in [-0.15, -0.1) is 11.3 Å². The summed E-state index contributed by atoms with van der Waals surface area (Å²) in [6.45, 7) is 2.64. The molecule has 0 spiro atoms. The number of hydrogen-bond acceptors (Lipinski definition) is 6. The first-order valence-electron chi connectivity index (χ1n) is 7.30. The molecule has 23 heavy (non-hydrogen) atoms. The van der Waals surface area contributed by atoms with E-state index in [2.05, 4.69) is 20.6 Å². The Morgan fingerprint density at radius 2 is 2.35 bits per heavy atom. The van der Waals surface area contributed by atoms with Crippen LogP contribution < -0.4 is 15.5 Å². The average Bonchev–Trinajstić information content (AvgIpc) is 3.04. The predicted molar refractivity (Wildman–Crippen MR) is 88.8 cm³/mol. The van der Waals surface area contributed by atoms with E-state index in [0.29, 0.717) is 23.6 Å². The van der Waals surface area contributed by atoms with Crippen molar-refractivity contribution in [3.8, 4) is 0 Å². The van der Waals surface area contributed by atoms with Gasteiger partial charge in [0.25, 0.3) is 5.91 Å². The number of carbonyl (C=O) groups excluding carboxylic acids is 2. The summed E-state index contributed by atoms with van der Waals surface area (Å²) in [6.07, 6.45) is 2.39. The van der Waals surface area contributed by atoms with Gasteiger partial charge in [-0.05, 0) is 12.5 Å². The number of aryl methyl sites for hydroxylation is 1. The maximum Gasteiger partial charge on any atom is 0.253 e. The fourth-order valence-electron chi connectivity index (χ4n) is 2.23. The molecule has 0 aromatic carbocycles. The molecule has 3 heterocycles. The Kier molecular flexibility index (Phi) is 4.24. The van der Waals surface area contributed by atoms with Crippen molar-refractivity contribution in [2.24, 2.45) is 0 Å². The molecule has 1 aliphatic heterocycles. The number of carbonyl (C=O) groups is 2. The molecule has 2 aromatic heterocycles. The zero-order chi connectivity index (χ0) is 16.4. The van der Waals surface area contributed by atoms with Crippen LogP contribution in [0.15, 0.2) is 17.6 Å². The molecule has 0 saturated heterocycles. The molecule has 2 aromatic rings. The van der Waals surface area contributed by atoms with E-state index in [-0.39, 0.29) is 18.4 Å². The molecule has 0 fully saturated rings. The maximum atomic E-state index is 12.3. The smallest absolute Gasteiger partial charge is 0.253 e. The van der Waals surface area contributed by atoms with Crippen LogP contribution in [-0.2, 0) is 17.8 Å². The van der Waals surface area contributed by atoms with E-state index < -0.39 is 0 Å². The van der Waals surface area contributed by atoms with Gasteiger partial charge in [0.1, 0.15) is 10.8 Å². The summed E-state index contributed by atoms with van der Waals surface area (Å²) in [7, 11) is 1.67. The van der Waals surface area contributed by atoms with Gasteiger partial charge in [0.2, 0.25) is 5.91 Å². The number of rotatable bonds is 4. The normalized spacial score (nSPS) is 13.5. The van der Waals surface area contributed by atoms with E-state index in [4.69, 9.17) is 0 Å². The van der Waals surface area contributed by atoms with E-state index in [1.54, 1.807) is 13.1 Å². The van der Waals surface area contributed by atoms with Gasteiger partial charge >= 0.3 is 0 Å². The Hall–Kier alpha value is -2.48. The third-order valence-corrected chi connectivity index (χ3v) is 4.53. The number of nitrogens with one attached hydrogen (secondary N) is 2. The van der Waals surface area contributed by atoms with E-state index in [9.17, 15) is 9.59 Å². The van der Waals surface area contributed by atoms with Gasteiger partial charge in [-0.2, -0.15) is 0 Å². The predicted octanol–water partition coefficient (Wildman–Crippen LogP) is 1.42. The second-order valence-corrected chi connectivity index (χ2v) is 6.11. The molecule has 8 heteroatoms. The lowest BCUT2D eigenvalue weighted by molar-refractivity contribution is -0.116. The lowest BCUT2D eigenvalue weighted by Crippen LogP contribution is -2.37. The van der Waals surface area contributed by atoms with Crippen LogP contribution in [0.4, 0.5) is 11.5 Å². The van der Waals surface area contributed by atoms with Crippen LogP contribution in [0.3, 0.4) is 0 Å². The van der Waals surface area contributed by atoms with Gasteiger partial charge in [-0.3, -0.25) is 9.59 Å². The second-order valence-electron chi connectivity index (χ2n) is 5.17. The highest BCUT2D eigenvalue weighted by atomic mass is 32.1. The van der Waals surface area contributed by atoms with Crippen molar-refractivity contribution in [2.45, 2.75) is 19.9 Å². The molecule has 0 aliphatic carbocycles. The Labute approximate surface area is 137 Å². The van der Waals surface area contributed by atoms with Crippen LogP contribution in [0, 0.1) is 0 Å². The number of anilines is 2. The molecule has 120 valence electrons. The van der Waals surface area contributed by atoms with Crippen molar-refractivity contribution in [1.82, 2.24) is 15.3 Å². The van der Waals surface area contributed by atoms with Gasteiger partial charge in [-0.1, -0.05) is 6.92 Å². The third-order valence-electron chi connectivity index (χ3n) is 3.63. The lowest BCUT2D eigenvalue weighted by atomic mass is 10.2. The van der Waals surface area contributed by atoms with E-state index >= 15 is 0 Å². The van der Waals surface area contributed by atoms with Gasteiger partial charge in [-0.25, -0.2) is 9.97 Å². The second kappa shape index (κ2) is 6.33. The van der Waals surface area contributed by atoms with Gasteiger partial charge in [0, 0.05) is 18.6 Å². The number of likely N-dealkylation sites (N-methyl/N-ethyl adjacent to an activating group) is 1. The maximum absolute atomic E-state index is 12.3. The van der Waals surface area contributed by atoms with Crippen molar-refractivity contribution < 1.29 is 9.59 Å².